The van der Waals surface area contributed by atoms with Crippen molar-refractivity contribution in [3.8, 4) is 0 Å². The van der Waals surface area contributed by atoms with Gasteiger partial charge in [-0.05, 0) is 49.4 Å². The lowest BCUT2D eigenvalue weighted by molar-refractivity contribution is 0.0604. The Balaban J connectivity index is 2.21. The molecule has 3 nitrogen and oxygen atoms in total. The lowest BCUT2D eigenvalue weighted by Gasteiger charge is -2.28. The van der Waals surface area contributed by atoms with Crippen molar-refractivity contribution in [2.24, 2.45) is 5.92 Å². The van der Waals surface area contributed by atoms with Crippen molar-refractivity contribution in [1.29, 1.82) is 0 Å². The molecule has 1 N–H and O–H groups in total. The van der Waals surface area contributed by atoms with Gasteiger partial charge in [-0.1, -0.05) is 13.8 Å². The van der Waals surface area contributed by atoms with Gasteiger partial charge in [0, 0.05) is 19.0 Å². The van der Waals surface area contributed by atoms with Crippen LogP contribution in [0.2, 0.25) is 0 Å². The molecule has 3 heteroatoms. The molecule has 0 saturated carbocycles. The van der Waals surface area contributed by atoms with Crippen molar-refractivity contribution < 1.29 is 4.74 Å². The van der Waals surface area contributed by atoms with E-state index in [2.05, 4.69) is 37.1 Å². The minimum absolute atomic E-state index is 0.274. The van der Waals surface area contributed by atoms with Gasteiger partial charge in [0.15, 0.2) is 0 Å². The van der Waals surface area contributed by atoms with Gasteiger partial charge in [-0.2, -0.15) is 0 Å². The van der Waals surface area contributed by atoms with Crippen LogP contribution in [0.3, 0.4) is 0 Å². The summed E-state index contributed by atoms with van der Waals surface area (Å²) in [5.41, 5.74) is 2.58. The third-order valence-electron chi connectivity index (χ3n) is 3.80. The molecule has 0 bridgehead atoms. The van der Waals surface area contributed by atoms with E-state index in [4.69, 9.17) is 4.74 Å². The first-order valence-electron chi connectivity index (χ1n) is 6.99. The molecule has 2 heterocycles. The molecule has 18 heavy (non-hydrogen) atoms. The van der Waals surface area contributed by atoms with Crippen LogP contribution in [0.15, 0.2) is 18.5 Å². The van der Waals surface area contributed by atoms with E-state index >= 15 is 0 Å². The fourth-order valence-corrected chi connectivity index (χ4v) is 2.65. The van der Waals surface area contributed by atoms with Gasteiger partial charge in [0.05, 0.1) is 12.1 Å². The van der Waals surface area contributed by atoms with Crippen LogP contribution in [0.25, 0.3) is 0 Å². The molecule has 0 spiro atoms. The first kappa shape index (κ1) is 13.5. The average Bonchev–Trinajstić information content (AvgIpc) is 2.78. The standard InChI is InChI=1S/C15H24N2O/c1-4-7-17-14(15-12(3)6-9-18-15)13-10-16-8-5-11(13)2/h5,8,10,12,14-15,17H,4,6-7,9H2,1-3H3. The normalized spacial score (nSPS) is 25.3. The number of hydrogen-bond acceptors (Lipinski definition) is 3. The van der Waals surface area contributed by atoms with E-state index in [-0.39, 0.29) is 12.1 Å². The topological polar surface area (TPSA) is 34.2 Å². The Hall–Kier alpha value is -0.930. The third-order valence-corrected chi connectivity index (χ3v) is 3.80. The SMILES string of the molecule is CCCNC(c1cnccc1C)C1OCCC1C. The van der Waals surface area contributed by atoms with Gasteiger partial charge >= 0.3 is 0 Å². The second kappa shape index (κ2) is 6.30. The summed E-state index contributed by atoms with van der Waals surface area (Å²) in [4.78, 5) is 4.28. The molecule has 0 amide bonds. The molecule has 1 fully saturated rings. The van der Waals surface area contributed by atoms with E-state index in [1.807, 2.05) is 12.4 Å². The number of nitrogens with zero attached hydrogens (tertiary/aromatic N) is 1. The summed E-state index contributed by atoms with van der Waals surface area (Å²) >= 11 is 0. The molecular weight excluding hydrogens is 224 g/mol. The largest absolute Gasteiger partial charge is 0.376 e. The van der Waals surface area contributed by atoms with Crippen LogP contribution in [0, 0.1) is 12.8 Å². The summed E-state index contributed by atoms with van der Waals surface area (Å²) in [6.07, 6.45) is 6.41. The Morgan fingerprint density at radius 3 is 3.00 bits per heavy atom. The zero-order chi connectivity index (χ0) is 13.0. The zero-order valence-corrected chi connectivity index (χ0v) is 11.6. The van der Waals surface area contributed by atoms with E-state index in [1.54, 1.807) is 0 Å². The van der Waals surface area contributed by atoms with Crippen LogP contribution < -0.4 is 5.32 Å². The number of nitrogens with one attached hydrogen (secondary N) is 1. The smallest absolute Gasteiger partial charge is 0.0796 e. The monoisotopic (exact) mass is 248 g/mol. The Bertz CT molecular complexity index is 381. The number of aryl methyl sites for hydroxylation is 1. The molecule has 0 aromatic carbocycles. The Kier molecular flexibility index (Phi) is 4.72. The molecule has 1 aliphatic heterocycles. The molecular formula is C15H24N2O. The van der Waals surface area contributed by atoms with Crippen molar-refractivity contribution in [3.05, 3.63) is 29.6 Å². The van der Waals surface area contributed by atoms with Crippen LogP contribution in [0.4, 0.5) is 0 Å². The molecule has 2 rings (SSSR count). The first-order chi connectivity index (χ1) is 8.74. The average molecular weight is 248 g/mol. The van der Waals surface area contributed by atoms with Crippen LogP contribution in [0.1, 0.15) is 43.9 Å². The zero-order valence-electron chi connectivity index (χ0n) is 11.6. The van der Waals surface area contributed by atoms with Crippen molar-refractivity contribution in [3.63, 3.8) is 0 Å². The summed E-state index contributed by atoms with van der Waals surface area (Å²) in [6.45, 7) is 8.53. The van der Waals surface area contributed by atoms with E-state index in [0.717, 1.165) is 26.0 Å². The summed E-state index contributed by atoms with van der Waals surface area (Å²) in [7, 11) is 0. The van der Waals surface area contributed by atoms with Crippen LogP contribution >= 0.6 is 0 Å². The molecule has 0 radical (unpaired) electrons. The first-order valence-corrected chi connectivity index (χ1v) is 6.99. The predicted molar refractivity (Wildman–Crippen MR) is 73.5 cm³/mol. The van der Waals surface area contributed by atoms with E-state index in [0.29, 0.717) is 5.92 Å². The van der Waals surface area contributed by atoms with E-state index < -0.39 is 0 Å². The molecule has 1 aromatic rings. The number of rotatable bonds is 5. The highest BCUT2D eigenvalue weighted by atomic mass is 16.5. The Morgan fingerprint density at radius 1 is 1.56 bits per heavy atom. The highest BCUT2D eigenvalue weighted by molar-refractivity contribution is 5.26. The fraction of sp³-hybridized carbons (Fsp3) is 0.667. The second-order valence-electron chi connectivity index (χ2n) is 5.27. The number of hydrogen-bond donors (Lipinski definition) is 1. The molecule has 1 aliphatic rings. The summed E-state index contributed by atoms with van der Waals surface area (Å²) in [5, 5.41) is 3.63. The van der Waals surface area contributed by atoms with Crippen molar-refractivity contribution in [1.82, 2.24) is 10.3 Å². The minimum Gasteiger partial charge on any atom is -0.376 e. The van der Waals surface area contributed by atoms with Crippen molar-refractivity contribution >= 4 is 0 Å². The van der Waals surface area contributed by atoms with E-state index in [9.17, 15) is 0 Å². The van der Waals surface area contributed by atoms with Crippen LogP contribution in [0.5, 0.6) is 0 Å². The predicted octanol–water partition coefficient (Wildman–Crippen LogP) is 2.86. The minimum atomic E-state index is 0.274. The maximum absolute atomic E-state index is 5.94. The van der Waals surface area contributed by atoms with Gasteiger partial charge in [0.25, 0.3) is 0 Å². The van der Waals surface area contributed by atoms with Crippen LogP contribution in [-0.2, 0) is 4.74 Å². The van der Waals surface area contributed by atoms with Crippen molar-refractivity contribution in [2.45, 2.75) is 45.8 Å². The molecule has 1 saturated heterocycles. The molecule has 0 aliphatic carbocycles. The van der Waals surface area contributed by atoms with Gasteiger partial charge < -0.3 is 10.1 Å². The van der Waals surface area contributed by atoms with Crippen molar-refractivity contribution in [2.75, 3.05) is 13.2 Å². The highest BCUT2D eigenvalue weighted by Gasteiger charge is 2.33. The van der Waals surface area contributed by atoms with Gasteiger partial charge in [0.1, 0.15) is 0 Å². The van der Waals surface area contributed by atoms with Crippen LogP contribution in [-0.4, -0.2) is 24.2 Å². The Labute approximate surface area is 110 Å². The molecule has 1 aromatic heterocycles. The van der Waals surface area contributed by atoms with Gasteiger partial charge in [-0.25, -0.2) is 0 Å². The summed E-state index contributed by atoms with van der Waals surface area (Å²) < 4.78 is 5.94. The maximum Gasteiger partial charge on any atom is 0.0796 e. The van der Waals surface area contributed by atoms with E-state index in [1.165, 1.54) is 11.1 Å². The fourth-order valence-electron chi connectivity index (χ4n) is 2.65. The molecule has 100 valence electrons. The van der Waals surface area contributed by atoms with Gasteiger partial charge in [-0.3, -0.25) is 4.98 Å². The summed E-state index contributed by atoms with van der Waals surface area (Å²) in [6, 6.07) is 2.35. The number of pyridine rings is 1. The lowest BCUT2D eigenvalue weighted by Crippen LogP contribution is -2.35. The lowest BCUT2D eigenvalue weighted by atomic mass is 9.91. The maximum atomic E-state index is 5.94. The quantitative estimate of drug-likeness (QED) is 0.870. The van der Waals surface area contributed by atoms with Gasteiger partial charge in [-0.15, -0.1) is 0 Å². The number of ether oxygens (including phenoxy) is 1. The molecule has 3 unspecified atom stereocenters. The Morgan fingerprint density at radius 2 is 2.39 bits per heavy atom. The second-order valence-corrected chi connectivity index (χ2v) is 5.27. The summed E-state index contributed by atoms with van der Waals surface area (Å²) in [5.74, 6) is 0.610. The van der Waals surface area contributed by atoms with Gasteiger partial charge in [0.2, 0.25) is 0 Å². The number of aromatic nitrogens is 1. The highest BCUT2D eigenvalue weighted by Crippen LogP contribution is 2.32. The third kappa shape index (κ3) is 2.90. The molecule has 3 atom stereocenters.